The van der Waals surface area contributed by atoms with E-state index in [-0.39, 0.29) is 30.4 Å². The molecule has 0 saturated heterocycles. The Morgan fingerprint density at radius 2 is 1.71 bits per heavy atom. The van der Waals surface area contributed by atoms with Crippen LogP contribution in [0.5, 0.6) is 0 Å². The zero-order valence-electron chi connectivity index (χ0n) is 12.2. The second kappa shape index (κ2) is 8.24. The standard InChI is InChI=1S/C15H21FN2O3/c1-10(3-8-14(19)20)17-15(21)18-11(2)9-12-4-6-13(16)7-5-12/h4-7,10-11H,3,8-9H2,1-2H3,(H,19,20)(H2,17,18,21). The normalized spacial score (nSPS) is 13.3. The summed E-state index contributed by atoms with van der Waals surface area (Å²) in [6.07, 6.45) is 0.999. The molecule has 3 N–H and O–H groups in total. The van der Waals surface area contributed by atoms with Gasteiger partial charge in [0.1, 0.15) is 5.82 Å². The first-order valence-corrected chi connectivity index (χ1v) is 6.90. The van der Waals surface area contributed by atoms with E-state index in [1.54, 1.807) is 19.1 Å². The highest BCUT2D eigenvalue weighted by molar-refractivity contribution is 5.74. The fourth-order valence-corrected chi connectivity index (χ4v) is 1.93. The van der Waals surface area contributed by atoms with Crippen LogP contribution < -0.4 is 10.6 Å². The Morgan fingerprint density at radius 3 is 2.29 bits per heavy atom. The molecule has 6 heteroatoms. The number of carbonyl (C=O) groups is 2. The molecule has 1 aromatic rings. The number of aliphatic carboxylic acids is 1. The van der Waals surface area contributed by atoms with E-state index in [1.165, 1.54) is 12.1 Å². The lowest BCUT2D eigenvalue weighted by molar-refractivity contribution is -0.137. The highest BCUT2D eigenvalue weighted by atomic mass is 19.1. The molecule has 0 radical (unpaired) electrons. The van der Waals surface area contributed by atoms with E-state index in [0.717, 1.165) is 5.56 Å². The number of rotatable bonds is 7. The number of nitrogens with one attached hydrogen (secondary N) is 2. The second-order valence-corrected chi connectivity index (χ2v) is 5.18. The van der Waals surface area contributed by atoms with Crippen molar-refractivity contribution in [2.45, 2.75) is 45.2 Å². The van der Waals surface area contributed by atoms with Gasteiger partial charge in [0, 0.05) is 18.5 Å². The SMILES string of the molecule is CC(CCC(=O)O)NC(=O)NC(C)Cc1ccc(F)cc1. The average Bonchev–Trinajstić information content (AvgIpc) is 2.38. The fraction of sp³-hybridized carbons (Fsp3) is 0.467. The van der Waals surface area contributed by atoms with Crippen molar-refractivity contribution >= 4 is 12.0 Å². The van der Waals surface area contributed by atoms with Crippen LogP contribution in [0, 0.1) is 5.82 Å². The molecule has 116 valence electrons. The van der Waals surface area contributed by atoms with Crippen LogP contribution in [0.1, 0.15) is 32.3 Å². The van der Waals surface area contributed by atoms with Crippen LogP contribution in [-0.2, 0) is 11.2 Å². The number of urea groups is 1. The van der Waals surface area contributed by atoms with Crippen molar-refractivity contribution in [2.24, 2.45) is 0 Å². The first-order valence-electron chi connectivity index (χ1n) is 6.90. The topological polar surface area (TPSA) is 78.4 Å². The molecule has 2 amide bonds. The molecule has 0 fully saturated rings. The third kappa shape index (κ3) is 7.29. The molecule has 21 heavy (non-hydrogen) atoms. The molecule has 0 spiro atoms. The monoisotopic (exact) mass is 296 g/mol. The maximum Gasteiger partial charge on any atom is 0.315 e. The van der Waals surface area contributed by atoms with Gasteiger partial charge in [-0.25, -0.2) is 9.18 Å². The first kappa shape index (κ1) is 16.9. The lowest BCUT2D eigenvalue weighted by atomic mass is 10.1. The van der Waals surface area contributed by atoms with E-state index in [0.29, 0.717) is 12.8 Å². The lowest BCUT2D eigenvalue weighted by Gasteiger charge is -2.18. The van der Waals surface area contributed by atoms with Crippen molar-refractivity contribution in [1.29, 1.82) is 0 Å². The van der Waals surface area contributed by atoms with E-state index in [2.05, 4.69) is 10.6 Å². The van der Waals surface area contributed by atoms with Crippen LogP contribution in [0.3, 0.4) is 0 Å². The number of carbonyl (C=O) groups excluding carboxylic acids is 1. The second-order valence-electron chi connectivity index (χ2n) is 5.18. The van der Waals surface area contributed by atoms with Crippen LogP contribution in [0.15, 0.2) is 24.3 Å². The number of hydrogen-bond donors (Lipinski definition) is 3. The van der Waals surface area contributed by atoms with Gasteiger partial charge in [-0.3, -0.25) is 4.79 Å². The maximum absolute atomic E-state index is 12.8. The molecule has 2 atom stereocenters. The van der Waals surface area contributed by atoms with Gasteiger partial charge in [0.2, 0.25) is 0 Å². The summed E-state index contributed by atoms with van der Waals surface area (Å²) in [6.45, 7) is 3.61. The Kier molecular flexibility index (Phi) is 6.65. The Morgan fingerprint density at radius 1 is 1.14 bits per heavy atom. The first-order chi connectivity index (χ1) is 9.86. The van der Waals surface area contributed by atoms with Crippen LogP contribution in [0.25, 0.3) is 0 Å². The van der Waals surface area contributed by atoms with Crippen molar-refractivity contribution in [3.05, 3.63) is 35.6 Å². The third-order valence-corrected chi connectivity index (χ3v) is 3.00. The lowest BCUT2D eigenvalue weighted by Crippen LogP contribution is -2.45. The van der Waals surface area contributed by atoms with E-state index < -0.39 is 5.97 Å². The van der Waals surface area contributed by atoms with Crippen molar-refractivity contribution in [3.8, 4) is 0 Å². The summed E-state index contributed by atoms with van der Waals surface area (Å²) in [5.41, 5.74) is 0.933. The molecular formula is C15H21FN2O3. The fourth-order valence-electron chi connectivity index (χ4n) is 1.93. The van der Waals surface area contributed by atoms with Gasteiger partial charge >= 0.3 is 12.0 Å². The molecule has 0 saturated carbocycles. The number of halogens is 1. The minimum atomic E-state index is -0.881. The Labute approximate surface area is 123 Å². The van der Waals surface area contributed by atoms with E-state index in [4.69, 9.17) is 5.11 Å². The van der Waals surface area contributed by atoms with Crippen LogP contribution in [0.2, 0.25) is 0 Å². The van der Waals surface area contributed by atoms with Gasteiger partial charge in [0.15, 0.2) is 0 Å². The van der Waals surface area contributed by atoms with E-state index >= 15 is 0 Å². The van der Waals surface area contributed by atoms with Crippen molar-refractivity contribution in [2.75, 3.05) is 0 Å². The minimum absolute atomic E-state index is 0.0204. The molecular weight excluding hydrogens is 275 g/mol. The smallest absolute Gasteiger partial charge is 0.315 e. The van der Waals surface area contributed by atoms with Gasteiger partial charge in [-0.15, -0.1) is 0 Å². The molecule has 0 aliphatic rings. The van der Waals surface area contributed by atoms with Gasteiger partial charge in [0.25, 0.3) is 0 Å². The Hall–Kier alpha value is -2.11. The van der Waals surface area contributed by atoms with Crippen LogP contribution in [0.4, 0.5) is 9.18 Å². The van der Waals surface area contributed by atoms with Gasteiger partial charge in [-0.1, -0.05) is 12.1 Å². The van der Waals surface area contributed by atoms with Crippen molar-refractivity contribution < 1.29 is 19.1 Å². The quantitative estimate of drug-likeness (QED) is 0.722. The number of amides is 2. The van der Waals surface area contributed by atoms with Gasteiger partial charge < -0.3 is 15.7 Å². The maximum atomic E-state index is 12.8. The summed E-state index contributed by atoms with van der Waals surface area (Å²) in [7, 11) is 0. The van der Waals surface area contributed by atoms with E-state index in [9.17, 15) is 14.0 Å². The molecule has 0 aliphatic carbocycles. The molecule has 0 aliphatic heterocycles. The summed E-state index contributed by atoms with van der Waals surface area (Å²) in [5.74, 6) is -1.17. The predicted octanol–water partition coefficient (Wildman–Crippen LogP) is 2.31. The van der Waals surface area contributed by atoms with Crippen LogP contribution in [-0.4, -0.2) is 29.2 Å². The number of benzene rings is 1. The molecule has 0 bridgehead atoms. The Bertz CT molecular complexity index is 476. The minimum Gasteiger partial charge on any atom is -0.481 e. The zero-order chi connectivity index (χ0) is 15.8. The molecule has 1 aromatic carbocycles. The van der Waals surface area contributed by atoms with Crippen LogP contribution >= 0.6 is 0 Å². The Balaban J connectivity index is 2.33. The highest BCUT2D eigenvalue weighted by Crippen LogP contribution is 2.05. The van der Waals surface area contributed by atoms with Gasteiger partial charge in [-0.05, 0) is 44.4 Å². The summed E-state index contributed by atoms with van der Waals surface area (Å²) in [5, 5.41) is 14.0. The number of carboxylic acid groups (broad SMARTS) is 1. The molecule has 5 nitrogen and oxygen atoms in total. The summed E-state index contributed by atoms with van der Waals surface area (Å²) in [4.78, 5) is 22.2. The summed E-state index contributed by atoms with van der Waals surface area (Å²) in [6, 6.07) is 5.48. The third-order valence-electron chi connectivity index (χ3n) is 3.00. The molecule has 0 heterocycles. The number of hydrogen-bond acceptors (Lipinski definition) is 2. The number of carboxylic acids is 1. The average molecular weight is 296 g/mol. The van der Waals surface area contributed by atoms with Gasteiger partial charge in [0.05, 0.1) is 0 Å². The molecule has 1 rings (SSSR count). The van der Waals surface area contributed by atoms with Crippen molar-refractivity contribution in [1.82, 2.24) is 10.6 Å². The largest absolute Gasteiger partial charge is 0.481 e. The predicted molar refractivity (Wildman–Crippen MR) is 77.6 cm³/mol. The molecule has 2 unspecified atom stereocenters. The zero-order valence-corrected chi connectivity index (χ0v) is 12.2. The molecule has 0 aromatic heterocycles. The van der Waals surface area contributed by atoms with Crippen molar-refractivity contribution in [3.63, 3.8) is 0 Å². The summed E-state index contributed by atoms with van der Waals surface area (Å²) < 4.78 is 12.8. The summed E-state index contributed by atoms with van der Waals surface area (Å²) >= 11 is 0. The highest BCUT2D eigenvalue weighted by Gasteiger charge is 2.11. The van der Waals surface area contributed by atoms with E-state index in [1.807, 2.05) is 6.92 Å². The van der Waals surface area contributed by atoms with Gasteiger partial charge in [-0.2, -0.15) is 0 Å².